The molecule has 1 aliphatic heterocycles. The summed E-state index contributed by atoms with van der Waals surface area (Å²) in [6.45, 7) is 6.87. The van der Waals surface area contributed by atoms with Crippen LogP contribution in [0.1, 0.15) is 30.9 Å². The smallest absolute Gasteiger partial charge is 0.279 e. The van der Waals surface area contributed by atoms with E-state index >= 15 is 0 Å². The van der Waals surface area contributed by atoms with Crippen molar-refractivity contribution in [2.24, 2.45) is 0 Å². The Kier molecular flexibility index (Phi) is 7.28. The summed E-state index contributed by atoms with van der Waals surface area (Å²) in [5.41, 5.74) is 6.98. The number of aryl methyl sites for hydroxylation is 2. The van der Waals surface area contributed by atoms with Crippen LogP contribution in [0.2, 0.25) is 5.02 Å². The highest BCUT2D eigenvalue weighted by molar-refractivity contribution is 7.80. The lowest BCUT2D eigenvalue weighted by atomic mass is 10.1. The molecule has 8 heteroatoms. The van der Waals surface area contributed by atoms with E-state index in [1.54, 1.807) is 19.1 Å². The fourth-order valence-corrected chi connectivity index (χ4v) is 3.05. The van der Waals surface area contributed by atoms with Crippen molar-refractivity contribution >= 4 is 34.8 Å². The van der Waals surface area contributed by atoms with Crippen LogP contribution < -0.4 is 20.9 Å². The van der Waals surface area contributed by atoms with E-state index in [1.807, 2.05) is 13.8 Å². The van der Waals surface area contributed by atoms with Crippen LogP contribution in [0.3, 0.4) is 0 Å². The minimum atomic E-state index is -0.688. The number of benzene rings is 1. The predicted molar refractivity (Wildman–Crippen MR) is 102 cm³/mol. The summed E-state index contributed by atoms with van der Waals surface area (Å²) in [6.07, 6.45) is 1.58. The molecule has 1 aliphatic rings. The molecule has 1 aromatic carbocycles. The van der Waals surface area contributed by atoms with Crippen LogP contribution in [0.5, 0.6) is 5.75 Å². The van der Waals surface area contributed by atoms with Gasteiger partial charge in [-0.15, -0.1) is 0 Å². The summed E-state index contributed by atoms with van der Waals surface area (Å²) >= 11 is 11.1. The summed E-state index contributed by atoms with van der Waals surface area (Å²) in [4.78, 5) is 12.2. The van der Waals surface area contributed by atoms with E-state index < -0.39 is 6.10 Å². The maximum absolute atomic E-state index is 12.2. The average molecular weight is 386 g/mol. The van der Waals surface area contributed by atoms with Crippen LogP contribution in [-0.2, 0) is 9.53 Å². The molecule has 2 atom stereocenters. The van der Waals surface area contributed by atoms with Crippen LogP contribution >= 0.6 is 23.8 Å². The Bertz CT molecular complexity index is 613. The van der Waals surface area contributed by atoms with Gasteiger partial charge in [-0.05, 0) is 69.1 Å². The highest BCUT2D eigenvalue weighted by Gasteiger charge is 2.18. The third kappa shape index (κ3) is 6.02. The highest BCUT2D eigenvalue weighted by Crippen LogP contribution is 2.27. The van der Waals surface area contributed by atoms with Crippen molar-refractivity contribution in [3.05, 3.63) is 28.3 Å². The standard InChI is InChI=1S/C17H24ClN3O3S/c1-10-7-13(18)8-11(2)15(10)24-12(3)16(22)20-21-17(25)19-9-14-5-4-6-23-14/h7-8,12,14H,4-6,9H2,1-3H3,(H,20,22)(H2,19,21,25)/t12-,14-/m0/s1. The molecule has 1 heterocycles. The Balaban J connectivity index is 1.77. The van der Waals surface area contributed by atoms with Crippen LogP contribution in [0.25, 0.3) is 0 Å². The summed E-state index contributed by atoms with van der Waals surface area (Å²) in [7, 11) is 0. The lowest BCUT2D eigenvalue weighted by molar-refractivity contribution is -0.127. The Morgan fingerprint density at radius 3 is 2.68 bits per heavy atom. The van der Waals surface area contributed by atoms with Crippen molar-refractivity contribution in [3.63, 3.8) is 0 Å². The molecular formula is C17H24ClN3O3S. The SMILES string of the molecule is Cc1cc(Cl)cc(C)c1O[C@@H](C)C(=O)NNC(=S)NC[C@@H]1CCCO1. The second kappa shape index (κ2) is 9.22. The van der Waals surface area contributed by atoms with Gasteiger partial charge in [0.05, 0.1) is 6.10 Å². The van der Waals surface area contributed by atoms with Crippen molar-refractivity contribution in [2.75, 3.05) is 13.2 Å². The zero-order chi connectivity index (χ0) is 18.4. The molecule has 25 heavy (non-hydrogen) atoms. The number of carbonyl (C=O) groups is 1. The van der Waals surface area contributed by atoms with Gasteiger partial charge >= 0.3 is 0 Å². The molecule has 138 valence electrons. The third-order valence-corrected chi connectivity index (χ3v) is 4.37. The molecule has 1 aromatic rings. The number of hydrogen-bond donors (Lipinski definition) is 3. The normalized spacial score (nSPS) is 17.7. The molecule has 3 N–H and O–H groups in total. The number of hydrogen-bond acceptors (Lipinski definition) is 4. The topological polar surface area (TPSA) is 71.6 Å². The molecule has 0 radical (unpaired) electrons. The second-order valence-electron chi connectivity index (χ2n) is 6.09. The lowest BCUT2D eigenvalue weighted by Crippen LogP contribution is -2.51. The predicted octanol–water partition coefficient (Wildman–Crippen LogP) is 2.40. The van der Waals surface area contributed by atoms with Gasteiger partial charge in [0.15, 0.2) is 11.2 Å². The summed E-state index contributed by atoms with van der Waals surface area (Å²) in [6, 6.07) is 3.60. The second-order valence-corrected chi connectivity index (χ2v) is 6.93. The monoisotopic (exact) mass is 385 g/mol. The van der Waals surface area contributed by atoms with Crippen LogP contribution in [0, 0.1) is 13.8 Å². The highest BCUT2D eigenvalue weighted by atomic mass is 35.5. The zero-order valence-electron chi connectivity index (χ0n) is 14.6. The molecule has 0 aromatic heterocycles. The maximum Gasteiger partial charge on any atom is 0.279 e. The van der Waals surface area contributed by atoms with Gasteiger partial charge < -0.3 is 14.8 Å². The van der Waals surface area contributed by atoms with Crippen molar-refractivity contribution < 1.29 is 14.3 Å². The first-order valence-electron chi connectivity index (χ1n) is 8.25. The van der Waals surface area contributed by atoms with Crippen molar-refractivity contribution in [3.8, 4) is 5.75 Å². The number of amides is 1. The van der Waals surface area contributed by atoms with Gasteiger partial charge in [-0.3, -0.25) is 15.6 Å². The average Bonchev–Trinajstić information content (AvgIpc) is 3.07. The van der Waals surface area contributed by atoms with Crippen LogP contribution in [0.4, 0.5) is 0 Å². The quantitative estimate of drug-likeness (QED) is 0.534. The Morgan fingerprint density at radius 2 is 2.08 bits per heavy atom. The van der Waals surface area contributed by atoms with Gasteiger partial charge in [-0.2, -0.15) is 0 Å². The molecule has 6 nitrogen and oxygen atoms in total. The van der Waals surface area contributed by atoms with Gasteiger partial charge in [0.1, 0.15) is 5.75 Å². The van der Waals surface area contributed by atoms with E-state index in [9.17, 15) is 4.79 Å². The van der Waals surface area contributed by atoms with Crippen LogP contribution in [0.15, 0.2) is 12.1 Å². The van der Waals surface area contributed by atoms with E-state index in [4.69, 9.17) is 33.3 Å². The fraction of sp³-hybridized carbons (Fsp3) is 0.529. The van der Waals surface area contributed by atoms with Crippen molar-refractivity contribution in [1.29, 1.82) is 0 Å². The van der Waals surface area contributed by atoms with Gasteiger partial charge in [0.2, 0.25) is 0 Å². The largest absolute Gasteiger partial charge is 0.480 e. The van der Waals surface area contributed by atoms with E-state index in [0.717, 1.165) is 30.6 Å². The van der Waals surface area contributed by atoms with Crippen LogP contribution in [-0.4, -0.2) is 36.4 Å². The number of carbonyl (C=O) groups excluding carboxylic acids is 1. The molecule has 0 bridgehead atoms. The molecule has 0 spiro atoms. The number of rotatable bonds is 5. The Morgan fingerprint density at radius 1 is 1.40 bits per heavy atom. The first-order valence-corrected chi connectivity index (χ1v) is 9.04. The fourth-order valence-electron chi connectivity index (χ4n) is 2.59. The Labute approximate surface area is 158 Å². The number of ether oxygens (including phenoxy) is 2. The van der Waals surface area contributed by atoms with E-state index in [-0.39, 0.29) is 12.0 Å². The van der Waals surface area contributed by atoms with E-state index in [0.29, 0.717) is 22.4 Å². The van der Waals surface area contributed by atoms with E-state index in [1.165, 1.54) is 0 Å². The molecule has 1 fully saturated rings. The summed E-state index contributed by atoms with van der Waals surface area (Å²) < 4.78 is 11.3. The first-order chi connectivity index (χ1) is 11.9. The number of halogens is 1. The van der Waals surface area contributed by atoms with Gasteiger partial charge in [0.25, 0.3) is 5.91 Å². The Hall–Kier alpha value is -1.57. The van der Waals surface area contributed by atoms with Gasteiger partial charge in [-0.25, -0.2) is 0 Å². The molecule has 0 unspecified atom stereocenters. The number of thiocarbonyl (C=S) groups is 1. The molecule has 1 amide bonds. The number of nitrogens with one attached hydrogen (secondary N) is 3. The molecule has 2 rings (SSSR count). The lowest BCUT2D eigenvalue weighted by Gasteiger charge is -2.19. The van der Waals surface area contributed by atoms with Crippen molar-refractivity contribution in [1.82, 2.24) is 16.2 Å². The third-order valence-electron chi connectivity index (χ3n) is 3.90. The molecule has 0 saturated carbocycles. The van der Waals surface area contributed by atoms with Gasteiger partial charge in [0, 0.05) is 18.2 Å². The molecular weight excluding hydrogens is 362 g/mol. The summed E-state index contributed by atoms with van der Waals surface area (Å²) in [5.74, 6) is 0.334. The summed E-state index contributed by atoms with van der Waals surface area (Å²) in [5, 5.41) is 4.00. The minimum absolute atomic E-state index is 0.175. The van der Waals surface area contributed by atoms with E-state index in [2.05, 4.69) is 16.2 Å². The molecule has 0 aliphatic carbocycles. The van der Waals surface area contributed by atoms with Gasteiger partial charge in [-0.1, -0.05) is 11.6 Å². The number of hydrazine groups is 1. The maximum atomic E-state index is 12.2. The van der Waals surface area contributed by atoms with Crippen molar-refractivity contribution in [2.45, 2.75) is 45.8 Å². The zero-order valence-corrected chi connectivity index (χ0v) is 16.2. The minimum Gasteiger partial charge on any atom is -0.480 e. The first kappa shape index (κ1) is 19.8. The molecule has 1 saturated heterocycles.